The molecule has 1 heterocycles. The molecule has 2 nitrogen and oxygen atoms in total. The van der Waals surface area contributed by atoms with Crippen LogP contribution in [0, 0.1) is 18.8 Å². The van der Waals surface area contributed by atoms with E-state index in [4.69, 9.17) is 10.7 Å². The maximum absolute atomic E-state index is 6.67. The fourth-order valence-electron chi connectivity index (χ4n) is 2.94. The van der Waals surface area contributed by atoms with Crippen LogP contribution in [0.5, 0.6) is 0 Å². The molecular weight excluding hydrogens is 228 g/mol. The first-order chi connectivity index (χ1) is 7.97. The third-order valence-electron chi connectivity index (χ3n) is 4.31. The lowest BCUT2D eigenvalue weighted by atomic mass is 9.71. The van der Waals surface area contributed by atoms with E-state index in [1.807, 2.05) is 11.3 Å². The fourth-order valence-corrected chi connectivity index (χ4v) is 4.18. The summed E-state index contributed by atoms with van der Waals surface area (Å²) < 4.78 is 0. The van der Waals surface area contributed by atoms with Gasteiger partial charge in [0.1, 0.15) is 5.01 Å². The minimum atomic E-state index is -0.171. The number of hydrogen-bond donors (Lipinski definition) is 1. The average Bonchev–Trinajstić information content (AvgIpc) is 2.66. The quantitative estimate of drug-likeness (QED) is 0.873. The fraction of sp³-hybridized carbons (Fsp3) is 0.786. The Kier molecular flexibility index (Phi) is 3.60. The van der Waals surface area contributed by atoms with E-state index < -0.39 is 0 Å². The zero-order valence-electron chi connectivity index (χ0n) is 11.4. The maximum Gasteiger partial charge on any atom is 0.113 e. The van der Waals surface area contributed by atoms with Gasteiger partial charge in [-0.3, -0.25) is 0 Å². The zero-order valence-corrected chi connectivity index (χ0v) is 12.2. The van der Waals surface area contributed by atoms with Crippen LogP contribution in [0.15, 0.2) is 0 Å². The molecule has 3 unspecified atom stereocenters. The molecule has 17 heavy (non-hydrogen) atoms. The van der Waals surface area contributed by atoms with Crippen molar-refractivity contribution in [3.8, 4) is 0 Å². The van der Waals surface area contributed by atoms with E-state index in [9.17, 15) is 0 Å². The first-order valence-corrected chi connectivity index (χ1v) is 7.54. The molecule has 0 aliphatic heterocycles. The molecule has 1 aromatic rings. The van der Waals surface area contributed by atoms with Crippen LogP contribution in [0.3, 0.4) is 0 Å². The monoisotopic (exact) mass is 252 g/mol. The average molecular weight is 252 g/mol. The molecule has 0 saturated heterocycles. The highest BCUT2D eigenvalue weighted by Gasteiger charge is 2.40. The second kappa shape index (κ2) is 4.69. The van der Waals surface area contributed by atoms with Gasteiger partial charge in [-0.2, -0.15) is 0 Å². The lowest BCUT2D eigenvalue weighted by Crippen LogP contribution is -2.46. The van der Waals surface area contributed by atoms with E-state index in [-0.39, 0.29) is 5.54 Å². The molecule has 0 radical (unpaired) electrons. The summed E-state index contributed by atoms with van der Waals surface area (Å²) >= 11 is 1.81. The minimum Gasteiger partial charge on any atom is -0.319 e. The SMILES string of the molecule is CCc1nc(C2(N)CCC(C)CC2C)sc1C. The minimum absolute atomic E-state index is 0.171. The van der Waals surface area contributed by atoms with Gasteiger partial charge in [0.15, 0.2) is 0 Å². The number of hydrogen-bond acceptors (Lipinski definition) is 3. The van der Waals surface area contributed by atoms with Crippen LogP contribution in [0.2, 0.25) is 0 Å². The largest absolute Gasteiger partial charge is 0.319 e. The van der Waals surface area contributed by atoms with Gasteiger partial charge in [-0.1, -0.05) is 20.8 Å². The summed E-state index contributed by atoms with van der Waals surface area (Å²) in [6.45, 7) is 8.96. The highest BCUT2D eigenvalue weighted by molar-refractivity contribution is 7.11. The lowest BCUT2D eigenvalue weighted by Gasteiger charge is -2.40. The highest BCUT2D eigenvalue weighted by Crippen LogP contribution is 2.43. The molecule has 2 N–H and O–H groups in total. The molecule has 1 aliphatic rings. The standard InChI is InChI=1S/C14H24N2S/c1-5-12-11(4)17-13(16-12)14(15)7-6-9(2)8-10(14)3/h9-10H,5-8,15H2,1-4H3. The van der Waals surface area contributed by atoms with E-state index >= 15 is 0 Å². The number of aryl methyl sites for hydroxylation is 2. The van der Waals surface area contributed by atoms with Crippen molar-refractivity contribution in [3.63, 3.8) is 0 Å². The van der Waals surface area contributed by atoms with Gasteiger partial charge in [-0.15, -0.1) is 11.3 Å². The first-order valence-electron chi connectivity index (χ1n) is 6.73. The van der Waals surface area contributed by atoms with Crippen LogP contribution in [-0.4, -0.2) is 4.98 Å². The Bertz CT molecular complexity index is 399. The summed E-state index contributed by atoms with van der Waals surface area (Å²) in [4.78, 5) is 6.14. The van der Waals surface area contributed by atoms with E-state index in [1.165, 1.54) is 28.4 Å². The number of aromatic nitrogens is 1. The van der Waals surface area contributed by atoms with Crippen molar-refractivity contribution in [3.05, 3.63) is 15.6 Å². The van der Waals surface area contributed by atoms with Gasteiger partial charge < -0.3 is 5.73 Å². The molecule has 0 spiro atoms. The smallest absolute Gasteiger partial charge is 0.113 e. The van der Waals surface area contributed by atoms with Crippen molar-refractivity contribution < 1.29 is 0 Å². The number of rotatable bonds is 2. The Morgan fingerprint density at radius 3 is 2.71 bits per heavy atom. The van der Waals surface area contributed by atoms with Crippen molar-refractivity contribution in [2.45, 2.75) is 58.9 Å². The summed E-state index contributed by atoms with van der Waals surface area (Å²) in [6.07, 6.45) is 4.58. The molecule has 3 heteroatoms. The van der Waals surface area contributed by atoms with E-state index in [0.29, 0.717) is 5.92 Å². The van der Waals surface area contributed by atoms with E-state index in [0.717, 1.165) is 18.8 Å². The molecule has 96 valence electrons. The van der Waals surface area contributed by atoms with Gasteiger partial charge >= 0.3 is 0 Å². The first kappa shape index (κ1) is 13.0. The zero-order chi connectivity index (χ0) is 12.6. The molecular formula is C14H24N2S. The van der Waals surface area contributed by atoms with Gasteiger partial charge in [0, 0.05) is 4.88 Å². The van der Waals surface area contributed by atoms with Gasteiger partial charge in [0.25, 0.3) is 0 Å². The highest BCUT2D eigenvalue weighted by atomic mass is 32.1. The third-order valence-corrected chi connectivity index (χ3v) is 5.52. The molecule has 3 atom stereocenters. The molecule has 1 aliphatic carbocycles. The van der Waals surface area contributed by atoms with Crippen LogP contribution in [0.25, 0.3) is 0 Å². The van der Waals surface area contributed by atoms with Crippen molar-refractivity contribution >= 4 is 11.3 Å². The van der Waals surface area contributed by atoms with Crippen LogP contribution >= 0.6 is 11.3 Å². The number of nitrogens with two attached hydrogens (primary N) is 1. The Morgan fingerprint density at radius 2 is 2.18 bits per heavy atom. The van der Waals surface area contributed by atoms with Gasteiger partial charge in [0.2, 0.25) is 0 Å². The predicted octanol–water partition coefficient (Wildman–Crippen LogP) is 3.62. The van der Waals surface area contributed by atoms with E-state index in [2.05, 4.69) is 27.7 Å². The molecule has 0 bridgehead atoms. The van der Waals surface area contributed by atoms with Crippen LogP contribution in [-0.2, 0) is 12.0 Å². The Hall–Kier alpha value is -0.410. The molecule has 1 fully saturated rings. The summed E-state index contributed by atoms with van der Waals surface area (Å²) in [5.74, 6) is 1.36. The third kappa shape index (κ3) is 2.27. The van der Waals surface area contributed by atoms with Gasteiger partial charge in [-0.05, 0) is 44.4 Å². The van der Waals surface area contributed by atoms with Crippen molar-refractivity contribution in [2.75, 3.05) is 0 Å². The molecule has 1 aromatic heterocycles. The molecule has 0 amide bonds. The van der Waals surface area contributed by atoms with E-state index in [1.54, 1.807) is 0 Å². The molecule has 1 saturated carbocycles. The number of thiazole rings is 1. The molecule has 0 aromatic carbocycles. The van der Waals surface area contributed by atoms with Crippen molar-refractivity contribution in [1.82, 2.24) is 4.98 Å². The normalized spacial score (nSPS) is 33.9. The predicted molar refractivity (Wildman–Crippen MR) is 74.3 cm³/mol. The summed E-state index contributed by atoms with van der Waals surface area (Å²) in [5, 5.41) is 1.17. The Morgan fingerprint density at radius 1 is 1.47 bits per heavy atom. The summed E-state index contributed by atoms with van der Waals surface area (Å²) in [5.41, 5.74) is 7.74. The second-order valence-corrected chi connectivity index (χ2v) is 6.90. The van der Waals surface area contributed by atoms with Crippen molar-refractivity contribution in [1.29, 1.82) is 0 Å². The van der Waals surface area contributed by atoms with Crippen LogP contribution in [0.1, 0.15) is 55.6 Å². The topological polar surface area (TPSA) is 38.9 Å². The Balaban J connectivity index is 2.30. The number of nitrogens with zero attached hydrogens (tertiary/aromatic N) is 1. The Labute approximate surface area is 109 Å². The second-order valence-electron chi connectivity index (χ2n) is 5.70. The van der Waals surface area contributed by atoms with Gasteiger partial charge in [0.05, 0.1) is 11.2 Å². The van der Waals surface area contributed by atoms with Crippen LogP contribution < -0.4 is 5.73 Å². The van der Waals surface area contributed by atoms with Crippen LogP contribution in [0.4, 0.5) is 0 Å². The lowest BCUT2D eigenvalue weighted by molar-refractivity contribution is 0.164. The van der Waals surface area contributed by atoms with Crippen molar-refractivity contribution in [2.24, 2.45) is 17.6 Å². The summed E-state index contributed by atoms with van der Waals surface area (Å²) in [7, 11) is 0. The summed E-state index contributed by atoms with van der Waals surface area (Å²) in [6, 6.07) is 0. The molecule has 2 rings (SSSR count). The maximum atomic E-state index is 6.67. The van der Waals surface area contributed by atoms with Gasteiger partial charge in [-0.25, -0.2) is 4.98 Å².